The fourth-order valence-electron chi connectivity index (χ4n) is 1.000. The third kappa shape index (κ3) is 3.49. The molecule has 0 saturated carbocycles. The Morgan fingerprint density at radius 1 is 1.29 bits per heavy atom. The van der Waals surface area contributed by atoms with E-state index in [4.69, 9.17) is 15.2 Å². The molecule has 0 amide bonds. The van der Waals surface area contributed by atoms with E-state index in [1.165, 1.54) is 0 Å². The number of methoxy groups -OCH3 is 1. The van der Waals surface area contributed by atoms with Crippen molar-refractivity contribution in [2.24, 2.45) is 5.73 Å². The molecule has 1 aromatic rings. The summed E-state index contributed by atoms with van der Waals surface area (Å²) in [6.45, 7) is 1.08. The summed E-state index contributed by atoms with van der Waals surface area (Å²) in [6.07, 6.45) is 3.75. The van der Waals surface area contributed by atoms with Crippen LogP contribution in [0.25, 0.3) is 0 Å². The van der Waals surface area contributed by atoms with Gasteiger partial charge in [-0.15, -0.1) is 0 Å². The second kappa shape index (κ2) is 6.05. The highest BCUT2D eigenvalue weighted by Crippen LogP contribution is 2.18. The maximum Gasteiger partial charge on any atom is 0.123 e. The molecule has 0 radical (unpaired) electrons. The zero-order valence-corrected chi connectivity index (χ0v) is 8.27. The monoisotopic (exact) mass is 193 g/mol. The predicted molar refractivity (Wildman–Crippen MR) is 56.7 cm³/mol. The van der Waals surface area contributed by atoms with E-state index < -0.39 is 0 Å². The summed E-state index contributed by atoms with van der Waals surface area (Å²) < 4.78 is 10.5. The first-order valence-electron chi connectivity index (χ1n) is 4.48. The maximum atomic E-state index is 5.43. The highest BCUT2D eigenvalue weighted by Gasteiger charge is 1.94. The molecular formula is C11H15NO2. The summed E-state index contributed by atoms with van der Waals surface area (Å²) in [6, 6.07) is 7.50. The van der Waals surface area contributed by atoms with Gasteiger partial charge in [0.15, 0.2) is 0 Å². The summed E-state index contributed by atoms with van der Waals surface area (Å²) in [5.41, 5.74) is 5.29. The molecule has 76 valence electrons. The van der Waals surface area contributed by atoms with Crippen LogP contribution in [0.3, 0.4) is 0 Å². The van der Waals surface area contributed by atoms with Gasteiger partial charge in [0.2, 0.25) is 0 Å². The Morgan fingerprint density at radius 3 is 2.79 bits per heavy atom. The summed E-state index contributed by atoms with van der Waals surface area (Å²) >= 11 is 0. The molecule has 0 unspecified atom stereocenters. The molecule has 0 saturated heterocycles. The van der Waals surface area contributed by atoms with Crippen molar-refractivity contribution in [3.05, 3.63) is 36.4 Å². The van der Waals surface area contributed by atoms with Gasteiger partial charge < -0.3 is 15.2 Å². The van der Waals surface area contributed by atoms with E-state index in [0.717, 1.165) is 11.5 Å². The Hall–Kier alpha value is -1.48. The lowest BCUT2D eigenvalue weighted by molar-refractivity contribution is 0.356. The van der Waals surface area contributed by atoms with Crippen molar-refractivity contribution in [2.75, 3.05) is 20.3 Å². The number of hydrogen-bond acceptors (Lipinski definition) is 3. The van der Waals surface area contributed by atoms with Gasteiger partial charge in [0.25, 0.3) is 0 Å². The Labute approximate surface area is 84.1 Å². The molecule has 0 aliphatic rings. The predicted octanol–water partition coefficient (Wildman–Crippen LogP) is 1.59. The summed E-state index contributed by atoms with van der Waals surface area (Å²) in [7, 11) is 1.63. The van der Waals surface area contributed by atoms with Crippen molar-refractivity contribution in [3.63, 3.8) is 0 Å². The van der Waals surface area contributed by atoms with Crippen LogP contribution in [0.2, 0.25) is 0 Å². The topological polar surface area (TPSA) is 44.5 Å². The van der Waals surface area contributed by atoms with E-state index in [-0.39, 0.29) is 0 Å². The molecule has 1 aromatic carbocycles. The molecule has 14 heavy (non-hydrogen) atoms. The first kappa shape index (κ1) is 10.6. The highest BCUT2D eigenvalue weighted by atomic mass is 16.5. The van der Waals surface area contributed by atoms with Gasteiger partial charge in [-0.1, -0.05) is 18.2 Å². The molecule has 2 N–H and O–H groups in total. The lowest BCUT2D eigenvalue weighted by Gasteiger charge is -2.04. The van der Waals surface area contributed by atoms with E-state index >= 15 is 0 Å². The van der Waals surface area contributed by atoms with Gasteiger partial charge in [0, 0.05) is 12.6 Å². The zero-order valence-electron chi connectivity index (χ0n) is 8.27. The van der Waals surface area contributed by atoms with Gasteiger partial charge in [-0.05, 0) is 12.1 Å². The van der Waals surface area contributed by atoms with Crippen LogP contribution in [0, 0.1) is 0 Å². The zero-order chi connectivity index (χ0) is 10.2. The number of hydrogen-bond donors (Lipinski definition) is 1. The van der Waals surface area contributed by atoms with Crippen molar-refractivity contribution >= 4 is 0 Å². The minimum absolute atomic E-state index is 0.532. The third-order valence-electron chi connectivity index (χ3n) is 1.69. The van der Waals surface area contributed by atoms with Crippen LogP contribution in [0.4, 0.5) is 0 Å². The second-order valence-electron chi connectivity index (χ2n) is 2.70. The molecule has 3 heteroatoms. The highest BCUT2D eigenvalue weighted by molar-refractivity contribution is 5.32. The molecule has 0 aromatic heterocycles. The van der Waals surface area contributed by atoms with Crippen molar-refractivity contribution in [1.29, 1.82) is 0 Å². The maximum absolute atomic E-state index is 5.43. The van der Waals surface area contributed by atoms with Crippen LogP contribution in [0.5, 0.6) is 11.5 Å². The fraction of sp³-hybridized carbons (Fsp3) is 0.273. The van der Waals surface area contributed by atoms with Crippen LogP contribution in [-0.2, 0) is 0 Å². The Morgan fingerprint density at radius 2 is 2.07 bits per heavy atom. The van der Waals surface area contributed by atoms with Crippen LogP contribution < -0.4 is 15.2 Å². The van der Waals surface area contributed by atoms with Gasteiger partial charge in [0.1, 0.15) is 18.1 Å². The molecule has 0 aliphatic carbocycles. The van der Waals surface area contributed by atoms with E-state index in [1.54, 1.807) is 7.11 Å². The number of benzene rings is 1. The largest absolute Gasteiger partial charge is 0.497 e. The van der Waals surface area contributed by atoms with Crippen molar-refractivity contribution < 1.29 is 9.47 Å². The molecule has 3 nitrogen and oxygen atoms in total. The van der Waals surface area contributed by atoms with Crippen molar-refractivity contribution in [1.82, 2.24) is 0 Å². The Bertz CT molecular complexity index is 297. The summed E-state index contributed by atoms with van der Waals surface area (Å²) in [4.78, 5) is 0. The first-order valence-corrected chi connectivity index (χ1v) is 4.48. The number of rotatable bonds is 5. The summed E-state index contributed by atoms with van der Waals surface area (Å²) in [5.74, 6) is 1.59. The molecule has 0 fully saturated rings. The van der Waals surface area contributed by atoms with Crippen LogP contribution in [-0.4, -0.2) is 20.3 Å². The van der Waals surface area contributed by atoms with E-state index in [9.17, 15) is 0 Å². The number of ether oxygens (including phenoxy) is 2. The SMILES string of the molecule is COc1cccc(OCC=CCN)c1. The van der Waals surface area contributed by atoms with Gasteiger partial charge in [-0.3, -0.25) is 0 Å². The van der Waals surface area contributed by atoms with E-state index in [1.807, 2.05) is 36.4 Å². The minimum Gasteiger partial charge on any atom is -0.497 e. The third-order valence-corrected chi connectivity index (χ3v) is 1.69. The molecule has 0 heterocycles. The molecule has 0 spiro atoms. The second-order valence-corrected chi connectivity index (χ2v) is 2.70. The van der Waals surface area contributed by atoms with Gasteiger partial charge >= 0.3 is 0 Å². The van der Waals surface area contributed by atoms with Gasteiger partial charge in [-0.2, -0.15) is 0 Å². The van der Waals surface area contributed by atoms with Gasteiger partial charge in [-0.25, -0.2) is 0 Å². The first-order chi connectivity index (χ1) is 6.86. The van der Waals surface area contributed by atoms with Crippen LogP contribution >= 0.6 is 0 Å². The Kier molecular flexibility index (Phi) is 4.58. The van der Waals surface area contributed by atoms with Crippen molar-refractivity contribution in [2.45, 2.75) is 0 Å². The van der Waals surface area contributed by atoms with Crippen LogP contribution in [0.1, 0.15) is 0 Å². The smallest absolute Gasteiger partial charge is 0.123 e. The minimum atomic E-state index is 0.532. The lowest BCUT2D eigenvalue weighted by Crippen LogP contribution is -1.97. The Balaban J connectivity index is 2.46. The quantitative estimate of drug-likeness (QED) is 0.722. The average molecular weight is 193 g/mol. The normalized spacial score (nSPS) is 10.4. The molecular weight excluding hydrogens is 178 g/mol. The average Bonchev–Trinajstić information content (AvgIpc) is 2.25. The molecule has 1 rings (SSSR count). The van der Waals surface area contributed by atoms with E-state index in [2.05, 4.69) is 0 Å². The molecule has 0 bridgehead atoms. The number of nitrogens with two attached hydrogens (primary N) is 1. The summed E-state index contributed by atoms with van der Waals surface area (Å²) in [5, 5.41) is 0. The van der Waals surface area contributed by atoms with Crippen LogP contribution in [0.15, 0.2) is 36.4 Å². The molecule has 0 atom stereocenters. The standard InChI is InChI=1S/C11H15NO2/c1-13-10-5-4-6-11(9-10)14-8-3-2-7-12/h2-6,9H,7-8,12H2,1H3. The fourth-order valence-corrected chi connectivity index (χ4v) is 1.000. The van der Waals surface area contributed by atoms with Gasteiger partial charge in [0.05, 0.1) is 7.11 Å². The van der Waals surface area contributed by atoms with Crippen molar-refractivity contribution in [3.8, 4) is 11.5 Å². The van der Waals surface area contributed by atoms with E-state index in [0.29, 0.717) is 13.2 Å². The lowest BCUT2D eigenvalue weighted by atomic mass is 10.3. The molecule has 0 aliphatic heterocycles.